The molecule has 0 N–H and O–H groups in total. The second-order valence-corrected chi connectivity index (χ2v) is 12.8. The van der Waals surface area contributed by atoms with Crippen molar-refractivity contribution in [2.75, 3.05) is 0 Å². The van der Waals surface area contributed by atoms with Crippen molar-refractivity contribution in [1.29, 1.82) is 0 Å². The molecule has 11 aromatic rings. The number of para-hydroxylation sites is 2. The van der Waals surface area contributed by atoms with Crippen molar-refractivity contribution in [2.24, 2.45) is 0 Å². The van der Waals surface area contributed by atoms with Crippen molar-refractivity contribution >= 4 is 54.3 Å². The van der Waals surface area contributed by atoms with Gasteiger partial charge in [-0.05, 0) is 61.1 Å². The summed E-state index contributed by atoms with van der Waals surface area (Å²) in [7, 11) is 0. The summed E-state index contributed by atoms with van der Waals surface area (Å²) in [4.78, 5) is 14.2. The lowest BCUT2D eigenvalue weighted by atomic mass is 9.92. The van der Waals surface area contributed by atoms with Crippen molar-refractivity contribution in [3.8, 4) is 56.4 Å². The summed E-state index contributed by atoms with van der Waals surface area (Å²) in [5.74, 6) is 0.0905. The first-order valence-corrected chi connectivity index (χ1v) is 17.3. The van der Waals surface area contributed by atoms with E-state index in [1.807, 2.05) is 72.8 Å². The quantitative estimate of drug-likeness (QED) is 0.166. The van der Waals surface area contributed by atoms with E-state index in [2.05, 4.69) is 4.98 Å². The normalized spacial score (nSPS) is 15.5. The maximum absolute atomic E-state index is 9.64. The molecule has 4 nitrogen and oxygen atoms in total. The molecular formula is C51H31N3O. The molecule has 11 rings (SSSR count). The number of benzene rings is 9. The van der Waals surface area contributed by atoms with E-state index in [1.54, 1.807) is 24.3 Å². The third-order valence-electron chi connectivity index (χ3n) is 9.56. The summed E-state index contributed by atoms with van der Waals surface area (Å²) >= 11 is 0. The predicted molar refractivity (Wildman–Crippen MR) is 227 cm³/mol. The maximum Gasteiger partial charge on any atom is 0.164 e. The number of rotatable bonds is 5. The number of aromatic nitrogens is 3. The van der Waals surface area contributed by atoms with E-state index >= 15 is 0 Å². The zero-order valence-corrected chi connectivity index (χ0v) is 28.5. The topological polar surface area (TPSA) is 51.8 Å². The lowest BCUT2D eigenvalue weighted by molar-refractivity contribution is 0.670. The van der Waals surface area contributed by atoms with Gasteiger partial charge in [0.25, 0.3) is 0 Å². The number of hydrogen-bond donors (Lipinski definition) is 0. The standard InChI is InChI=1S/C51H31N3O/c1-2-11-34(12-3-1)49-52-50(54-51(53-49)36-27-23-33(24-28-36)38-18-10-19-45-44-17-8-9-20-47(44)55-48(38)45)35-25-21-32(22-26-35)37-29-30-43-41-15-5-4-13-39(41)40-14-6-7-16-42(40)46(43)31-37/h1-31H/i4D,5D,6D,7D,13D,14D,15D,16D,21D,22D,25D,26D,29D,30D,31D. The maximum atomic E-state index is 9.64. The second kappa shape index (κ2) is 12.6. The highest BCUT2D eigenvalue weighted by Gasteiger charge is 2.16. The summed E-state index contributed by atoms with van der Waals surface area (Å²) in [6, 6.07) is 19.4. The largest absolute Gasteiger partial charge is 0.455 e. The fraction of sp³-hybridized carbons (Fsp3) is 0. The molecule has 0 radical (unpaired) electrons. The van der Waals surface area contributed by atoms with Crippen molar-refractivity contribution in [1.82, 2.24) is 15.0 Å². The molecule has 0 spiro atoms. The van der Waals surface area contributed by atoms with Crippen LogP contribution in [0.4, 0.5) is 0 Å². The summed E-state index contributed by atoms with van der Waals surface area (Å²) < 4.78 is 142. The Morgan fingerprint density at radius 3 is 1.55 bits per heavy atom. The predicted octanol–water partition coefficient (Wildman–Crippen LogP) is 13.6. The van der Waals surface area contributed by atoms with Gasteiger partial charge in [0.05, 0.1) is 20.6 Å². The van der Waals surface area contributed by atoms with Gasteiger partial charge in [-0.1, -0.05) is 176 Å². The minimum atomic E-state index is -0.784. The molecular weight excluding hydrogens is 671 g/mol. The number of furan rings is 1. The molecule has 0 amide bonds. The first-order chi connectivity index (χ1) is 33.5. The van der Waals surface area contributed by atoms with Crippen molar-refractivity contribution in [3.63, 3.8) is 0 Å². The Kier molecular flexibility index (Phi) is 4.49. The van der Waals surface area contributed by atoms with Gasteiger partial charge in [0, 0.05) is 33.0 Å². The van der Waals surface area contributed by atoms with Gasteiger partial charge >= 0.3 is 0 Å². The highest BCUT2D eigenvalue weighted by molar-refractivity contribution is 6.25. The molecule has 2 heterocycles. The average Bonchev–Trinajstić information content (AvgIpc) is 3.76. The molecule has 0 atom stereocenters. The van der Waals surface area contributed by atoms with Crippen LogP contribution in [0.1, 0.15) is 20.6 Å². The first kappa shape index (κ1) is 19.6. The van der Waals surface area contributed by atoms with Gasteiger partial charge in [-0.2, -0.15) is 0 Å². The smallest absolute Gasteiger partial charge is 0.164 e. The van der Waals surface area contributed by atoms with Gasteiger partial charge in [-0.3, -0.25) is 0 Å². The molecule has 0 aliphatic carbocycles. The molecule has 0 fully saturated rings. The minimum Gasteiger partial charge on any atom is -0.455 e. The Hall–Kier alpha value is -7.43. The summed E-state index contributed by atoms with van der Waals surface area (Å²) in [6.45, 7) is 0. The molecule has 2 aromatic heterocycles. The van der Waals surface area contributed by atoms with Gasteiger partial charge in [0.1, 0.15) is 11.2 Å². The van der Waals surface area contributed by atoms with Gasteiger partial charge in [0.15, 0.2) is 17.5 Å². The van der Waals surface area contributed by atoms with Crippen molar-refractivity contribution < 1.29 is 25.0 Å². The molecule has 9 aromatic carbocycles. The Morgan fingerprint density at radius 2 is 0.855 bits per heavy atom. The fourth-order valence-electron chi connectivity index (χ4n) is 6.94. The molecule has 0 unspecified atom stereocenters. The Bertz CT molecular complexity index is 4050. The Morgan fingerprint density at radius 1 is 0.345 bits per heavy atom. The molecule has 0 aliphatic rings. The summed E-state index contributed by atoms with van der Waals surface area (Å²) in [6.07, 6.45) is 0. The van der Waals surface area contributed by atoms with Crippen LogP contribution >= 0.6 is 0 Å². The van der Waals surface area contributed by atoms with E-state index in [-0.39, 0.29) is 50.0 Å². The molecule has 0 aliphatic heterocycles. The van der Waals surface area contributed by atoms with Gasteiger partial charge in [0.2, 0.25) is 0 Å². The summed E-state index contributed by atoms with van der Waals surface area (Å²) in [5, 5.41) is -0.248. The summed E-state index contributed by atoms with van der Waals surface area (Å²) in [5.41, 5.74) is 2.81. The Balaban J connectivity index is 1.13. The molecule has 0 saturated carbocycles. The van der Waals surface area contributed by atoms with Gasteiger partial charge in [-0.15, -0.1) is 0 Å². The molecule has 55 heavy (non-hydrogen) atoms. The lowest BCUT2D eigenvalue weighted by Gasteiger charge is -2.12. The van der Waals surface area contributed by atoms with E-state index in [0.717, 1.165) is 33.1 Å². The van der Waals surface area contributed by atoms with Crippen LogP contribution in [0.25, 0.3) is 111 Å². The van der Waals surface area contributed by atoms with Gasteiger partial charge < -0.3 is 4.42 Å². The van der Waals surface area contributed by atoms with Crippen LogP contribution in [0.2, 0.25) is 0 Å². The van der Waals surface area contributed by atoms with E-state index in [4.69, 9.17) is 25.4 Å². The minimum absolute atomic E-state index is 0.148. The van der Waals surface area contributed by atoms with Crippen LogP contribution in [-0.4, -0.2) is 15.0 Å². The molecule has 4 heteroatoms. The van der Waals surface area contributed by atoms with Crippen LogP contribution in [-0.2, 0) is 0 Å². The average molecular weight is 717 g/mol. The number of hydrogen-bond acceptors (Lipinski definition) is 4. The zero-order valence-electron chi connectivity index (χ0n) is 43.5. The lowest BCUT2D eigenvalue weighted by Crippen LogP contribution is -2.00. The second-order valence-electron chi connectivity index (χ2n) is 12.8. The van der Waals surface area contributed by atoms with Crippen LogP contribution in [0, 0.1) is 0 Å². The molecule has 0 bridgehead atoms. The fourth-order valence-corrected chi connectivity index (χ4v) is 6.94. The van der Waals surface area contributed by atoms with Gasteiger partial charge in [-0.25, -0.2) is 15.0 Å². The highest BCUT2D eigenvalue weighted by Crippen LogP contribution is 2.39. The molecule has 256 valence electrons. The number of fused-ring (bicyclic) bond motifs is 9. The van der Waals surface area contributed by atoms with Crippen molar-refractivity contribution in [3.05, 3.63) is 188 Å². The monoisotopic (exact) mass is 716 g/mol. The highest BCUT2D eigenvalue weighted by atomic mass is 16.3. The Labute approximate surface area is 338 Å². The van der Waals surface area contributed by atoms with E-state index in [9.17, 15) is 9.60 Å². The van der Waals surface area contributed by atoms with Crippen molar-refractivity contribution in [2.45, 2.75) is 0 Å². The third kappa shape index (κ3) is 5.26. The van der Waals surface area contributed by atoms with Crippen LogP contribution in [0.15, 0.2) is 192 Å². The number of nitrogens with zero attached hydrogens (tertiary/aromatic N) is 3. The SMILES string of the molecule is [2H]c1c([2H])c(-c2c([2H])c([2H])c3c4c([2H])c([2H])c([2H])c([2H])c4c4c([2H])c([2H])c([2H])c([2H])c4c3c2[2H])c([2H])c([2H])c1-c1nc(-c2ccccc2)nc(-c2ccc(-c3cccc4c3oc3ccccc34)cc2)n1. The third-order valence-corrected chi connectivity index (χ3v) is 9.56. The van der Waals surface area contributed by atoms with E-state index in [1.165, 1.54) is 0 Å². The van der Waals surface area contributed by atoms with E-state index < -0.39 is 107 Å². The zero-order chi connectivity index (χ0) is 49.3. The van der Waals surface area contributed by atoms with Crippen LogP contribution in [0.3, 0.4) is 0 Å². The van der Waals surface area contributed by atoms with Crippen LogP contribution < -0.4 is 0 Å². The first-order valence-electron chi connectivity index (χ1n) is 24.8. The van der Waals surface area contributed by atoms with Crippen LogP contribution in [0.5, 0.6) is 0 Å². The molecule has 0 saturated heterocycles. The van der Waals surface area contributed by atoms with E-state index in [0.29, 0.717) is 11.1 Å².